The molecule has 1 amide bonds. The van der Waals surface area contributed by atoms with Gasteiger partial charge in [0, 0.05) is 36.5 Å². The van der Waals surface area contributed by atoms with E-state index in [0.717, 1.165) is 4.90 Å². The normalized spacial score (nSPS) is 18.9. The van der Waals surface area contributed by atoms with Crippen molar-refractivity contribution in [1.29, 1.82) is 0 Å². The molecule has 2 unspecified atom stereocenters. The number of halogens is 4. The van der Waals surface area contributed by atoms with Crippen LogP contribution < -0.4 is 0 Å². The highest BCUT2D eigenvalue weighted by Gasteiger charge is 2.43. The van der Waals surface area contributed by atoms with Crippen molar-refractivity contribution < 1.29 is 31.9 Å². The zero-order valence-corrected chi connectivity index (χ0v) is 17.7. The molecule has 9 heteroatoms. The summed E-state index contributed by atoms with van der Waals surface area (Å²) in [6.07, 6.45) is 4.69. The van der Waals surface area contributed by atoms with E-state index in [2.05, 4.69) is 4.98 Å². The average molecular weight is 450 g/mol. The van der Waals surface area contributed by atoms with Crippen LogP contribution in [0.2, 0.25) is 0 Å². The fourth-order valence-corrected chi connectivity index (χ4v) is 3.55. The average Bonchev–Trinajstić information content (AvgIpc) is 3.16. The minimum absolute atomic E-state index is 0.119. The van der Waals surface area contributed by atoms with E-state index in [1.54, 1.807) is 39.1 Å². The van der Waals surface area contributed by atoms with E-state index < -0.39 is 58.3 Å². The molecular weight excluding hydrogens is 428 g/mol. The van der Waals surface area contributed by atoms with Crippen LogP contribution in [-0.2, 0) is 9.53 Å². The number of rotatable bonds is 4. The minimum atomic E-state index is -1.55. The third-order valence-corrected chi connectivity index (χ3v) is 4.94. The summed E-state index contributed by atoms with van der Waals surface area (Å²) in [7, 11) is 0. The Morgan fingerprint density at radius 1 is 1.16 bits per heavy atom. The first-order chi connectivity index (χ1) is 15.0. The van der Waals surface area contributed by atoms with Crippen molar-refractivity contribution in [2.75, 3.05) is 6.54 Å². The number of aromatic nitrogens is 1. The predicted octanol–water partition coefficient (Wildman–Crippen LogP) is 5.01. The molecule has 1 aromatic carbocycles. The van der Waals surface area contributed by atoms with E-state index in [1.807, 2.05) is 0 Å². The number of ketones is 1. The molecule has 0 aliphatic carbocycles. The zero-order chi connectivity index (χ0) is 23.6. The van der Waals surface area contributed by atoms with Gasteiger partial charge in [0.15, 0.2) is 29.1 Å². The number of amides is 1. The van der Waals surface area contributed by atoms with Crippen molar-refractivity contribution in [3.63, 3.8) is 0 Å². The molecule has 0 radical (unpaired) electrons. The number of hydrogen-bond donors (Lipinski definition) is 0. The van der Waals surface area contributed by atoms with Gasteiger partial charge in [-0.3, -0.25) is 14.7 Å². The standard InChI is InChI=1S/C23H22F4N2O3/c1-23(2,3)32-22(31)29-12-14(19-20(26)15(24)10-16(25)21(19)27)9-17(29)18(30)7-6-13-5-4-8-28-11-13/h4-8,10-11,14,17H,9,12H2,1-3H3/b7-6+. The van der Waals surface area contributed by atoms with Crippen LogP contribution >= 0.6 is 0 Å². The highest BCUT2D eigenvalue weighted by atomic mass is 19.2. The predicted molar refractivity (Wildman–Crippen MR) is 109 cm³/mol. The molecule has 1 aliphatic heterocycles. The molecule has 2 heterocycles. The smallest absolute Gasteiger partial charge is 0.410 e. The van der Waals surface area contributed by atoms with Gasteiger partial charge in [-0.2, -0.15) is 0 Å². The van der Waals surface area contributed by atoms with Gasteiger partial charge < -0.3 is 4.74 Å². The number of carbonyl (C=O) groups is 2. The van der Waals surface area contributed by atoms with Crippen LogP contribution in [0.3, 0.4) is 0 Å². The Labute approximate surface area is 182 Å². The molecule has 0 bridgehead atoms. The lowest BCUT2D eigenvalue weighted by Crippen LogP contribution is -2.43. The first-order valence-electron chi connectivity index (χ1n) is 9.92. The van der Waals surface area contributed by atoms with E-state index >= 15 is 0 Å². The fourth-order valence-electron chi connectivity index (χ4n) is 3.55. The van der Waals surface area contributed by atoms with Gasteiger partial charge in [0.25, 0.3) is 0 Å². The second-order valence-corrected chi connectivity index (χ2v) is 8.49. The molecule has 0 spiro atoms. The molecule has 3 rings (SSSR count). The van der Waals surface area contributed by atoms with Gasteiger partial charge >= 0.3 is 6.09 Å². The van der Waals surface area contributed by atoms with Crippen LogP contribution in [0.4, 0.5) is 22.4 Å². The van der Waals surface area contributed by atoms with E-state index in [-0.39, 0.29) is 19.0 Å². The summed E-state index contributed by atoms with van der Waals surface area (Å²) in [5.41, 5.74) is -1.10. The van der Waals surface area contributed by atoms with Gasteiger partial charge in [-0.25, -0.2) is 22.4 Å². The summed E-state index contributed by atoms with van der Waals surface area (Å²) >= 11 is 0. The van der Waals surface area contributed by atoms with Crippen molar-refractivity contribution in [2.24, 2.45) is 0 Å². The number of likely N-dealkylation sites (tertiary alicyclic amines) is 1. The van der Waals surface area contributed by atoms with Gasteiger partial charge in [0.2, 0.25) is 0 Å². The number of nitrogens with zero attached hydrogens (tertiary/aromatic N) is 2. The van der Waals surface area contributed by atoms with E-state index in [9.17, 15) is 27.2 Å². The monoisotopic (exact) mass is 450 g/mol. The maximum Gasteiger partial charge on any atom is 0.410 e. The van der Waals surface area contributed by atoms with Crippen LogP contribution in [0.25, 0.3) is 6.08 Å². The van der Waals surface area contributed by atoms with Gasteiger partial charge in [-0.1, -0.05) is 6.07 Å². The highest BCUT2D eigenvalue weighted by Crippen LogP contribution is 2.37. The Morgan fingerprint density at radius 3 is 2.38 bits per heavy atom. The number of ether oxygens (including phenoxy) is 1. The summed E-state index contributed by atoms with van der Waals surface area (Å²) < 4.78 is 61.5. The molecule has 2 aromatic rings. The van der Waals surface area contributed by atoms with Crippen LogP contribution in [0.1, 0.15) is 44.2 Å². The molecule has 1 aromatic heterocycles. The summed E-state index contributed by atoms with van der Waals surface area (Å²) in [5.74, 6) is -7.86. The Hall–Kier alpha value is -3.23. The van der Waals surface area contributed by atoms with Crippen LogP contribution in [0.5, 0.6) is 0 Å². The molecule has 170 valence electrons. The maximum atomic E-state index is 14.4. The van der Waals surface area contributed by atoms with Crippen molar-refractivity contribution in [2.45, 2.75) is 44.8 Å². The Morgan fingerprint density at radius 2 is 1.81 bits per heavy atom. The third kappa shape index (κ3) is 5.15. The third-order valence-electron chi connectivity index (χ3n) is 4.94. The van der Waals surface area contributed by atoms with E-state index in [0.29, 0.717) is 5.56 Å². The molecule has 2 atom stereocenters. The first kappa shape index (κ1) is 23.4. The Balaban J connectivity index is 1.94. The van der Waals surface area contributed by atoms with Gasteiger partial charge in [0.05, 0.1) is 6.04 Å². The number of carbonyl (C=O) groups excluding carboxylic acids is 2. The van der Waals surface area contributed by atoms with Crippen LogP contribution in [-0.4, -0.2) is 39.9 Å². The summed E-state index contributed by atoms with van der Waals surface area (Å²) in [4.78, 5) is 30.6. The van der Waals surface area contributed by atoms with Crippen molar-refractivity contribution in [1.82, 2.24) is 9.88 Å². The lowest BCUT2D eigenvalue weighted by atomic mass is 9.93. The molecule has 1 fully saturated rings. The largest absolute Gasteiger partial charge is 0.444 e. The van der Waals surface area contributed by atoms with Gasteiger partial charge in [0.1, 0.15) is 5.60 Å². The second kappa shape index (κ2) is 9.10. The topological polar surface area (TPSA) is 59.5 Å². The van der Waals surface area contributed by atoms with Gasteiger partial charge in [-0.05, 0) is 51.0 Å². The van der Waals surface area contributed by atoms with E-state index in [4.69, 9.17) is 4.74 Å². The molecule has 1 saturated heterocycles. The highest BCUT2D eigenvalue weighted by molar-refractivity contribution is 5.99. The Kier molecular flexibility index (Phi) is 6.66. The molecule has 32 heavy (non-hydrogen) atoms. The van der Waals surface area contributed by atoms with Gasteiger partial charge in [-0.15, -0.1) is 0 Å². The fraction of sp³-hybridized carbons (Fsp3) is 0.348. The number of benzene rings is 1. The van der Waals surface area contributed by atoms with Crippen molar-refractivity contribution in [3.8, 4) is 0 Å². The minimum Gasteiger partial charge on any atom is -0.444 e. The van der Waals surface area contributed by atoms with Crippen molar-refractivity contribution >= 4 is 18.0 Å². The number of pyridine rings is 1. The Bertz CT molecular complexity index is 1030. The zero-order valence-electron chi connectivity index (χ0n) is 17.7. The quantitative estimate of drug-likeness (QED) is 0.373. The molecule has 0 saturated carbocycles. The SMILES string of the molecule is CC(C)(C)OC(=O)N1CC(c2c(F)c(F)cc(F)c2F)CC1C(=O)/C=C/c1cccnc1. The maximum absolute atomic E-state index is 14.4. The molecule has 5 nitrogen and oxygen atoms in total. The summed E-state index contributed by atoms with van der Waals surface area (Å²) in [6, 6.07) is 2.37. The van der Waals surface area contributed by atoms with Crippen LogP contribution in [0.15, 0.2) is 36.7 Å². The van der Waals surface area contributed by atoms with E-state index in [1.165, 1.54) is 18.3 Å². The van der Waals surface area contributed by atoms with Crippen LogP contribution in [0, 0.1) is 23.3 Å². The summed E-state index contributed by atoms with van der Waals surface area (Å²) in [5, 5.41) is 0. The van der Waals surface area contributed by atoms with Crippen molar-refractivity contribution in [3.05, 3.63) is 71.1 Å². The first-order valence-corrected chi connectivity index (χ1v) is 9.92. The number of hydrogen-bond acceptors (Lipinski definition) is 4. The molecule has 0 N–H and O–H groups in total. The summed E-state index contributed by atoms with van der Waals surface area (Å²) in [6.45, 7) is 4.53. The molecule has 1 aliphatic rings. The lowest BCUT2D eigenvalue weighted by molar-refractivity contribution is -0.118. The lowest BCUT2D eigenvalue weighted by Gasteiger charge is -2.27. The molecular formula is C23H22F4N2O3. The second-order valence-electron chi connectivity index (χ2n) is 8.49.